The number of hydrogen-bond acceptors (Lipinski definition) is 3. The van der Waals surface area contributed by atoms with Crippen molar-refractivity contribution in [2.24, 2.45) is 5.73 Å². The standard InChI is InChI=1S/C15H28N4/c1-12(2)19-10-7-13(17-19)11-14(16)15(3,4)18-8-5-6-9-18/h7,10,12,14H,5-6,8-9,11,16H2,1-4H3. The molecule has 0 radical (unpaired) electrons. The Bertz CT molecular complexity index is 402. The lowest BCUT2D eigenvalue weighted by atomic mass is 9.90. The topological polar surface area (TPSA) is 47.1 Å². The molecular formula is C15H28N4. The second-order valence-corrected chi connectivity index (χ2v) is 6.54. The quantitative estimate of drug-likeness (QED) is 0.887. The average Bonchev–Trinajstić information content (AvgIpc) is 2.99. The summed E-state index contributed by atoms with van der Waals surface area (Å²) in [5, 5.41) is 4.61. The minimum atomic E-state index is 0.0537. The van der Waals surface area contributed by atoms with Gasteiger partial charge in [-0.25, -0.2) is 0 Å². The van der Waals surface area contributed by atoms with Crippen LogP contribution in [-0.2, 0) is 6.42 Å². The highest BCUT2D eigenvalue weighted by molar-refractivity contribution is 5.06. The molecule has 2 N–H and O–H groups in total. The monoisotopic (exact) mass is 264 g/mol. The smallest absolute Gasteiger partial charge is 0.0640 e. The molecule has 1 aliphatic rings. The van der Waals surface area contributed by atoms with Crippen molar-refractivity contribution in [3.8, 4) is 0 Å². The number of aromatic nitrogens is 2. The second-order valence-electron chi connectivity index (χ2n) is 6.54. The molecule has 2 heterocycles. The first-order valence-corrected chi connectivity index (χ1v) is 7.46. The third-order valence-electron chi connectivity index (χ3n) is 4.45. The first-order valence-electron chi connectivity index (χ1n) is 7.46. The molecule has 0 spiro atoms. The zero-order valence-electron chi connectivity index (χ0n) is 12.8. The van der Waals surface area contributed by atoms with Crippen LogP contribution in [0, 0.1) is 0 Å². The van der Waals surface area contributed by atoms with E-state index in [0.717, 1.165) is 12.1 Å². The molecule has 108 valence electrons. The Hall–Kier alpha value is -0.870. The van der Waals surface area contributed by atoms with E-state index in [-0.39, 0.29) is 11.6 Å². The SMILES string of the molecule is CC(C)n1ccc(CC(N)C(C)(C)N2CCCC2)n1. The van der Waals surface area contributed by atoms with E-state index in [1.807, 2.05) is 4.68 Å². The summed E-state index contributed by atoms with van der Waals surface area (Å²) in [6.45, 7) is 11.2. The van der Waals surface area contributed by atoms with E-state index in [4.69, 9.17) is 5.73 Å². The lowest BCUT2D eigenvalue weighted by Crippen LogP contribution is -2.56. The fourth-order valence-electron chi connectivity index (χ4n) is 2.78. The first-order chi connectivity index (χ1) is 8.91. The molecule has 2 rings (SSSR count). The van der Waals surface area contributed by atoms with Crippen LogP contribution in [0.15, 0.2) is 12.3 Å². The molecular weight excluding hydrogens is 236 g/mol. The fourth-order valence-corrected chi connectivity index (χ4v) is 2.78. The second kappa shape index (κ2) is 5.63. The van der Waals surface area contributed by atoms with E-state index < -0.39 is 0 Å². The van der Waals surface area contributed by atoms with Crippen molar-refractivity contribution < 1.29 is 0 Å². The Morgan fingerprint density at radius 2 is 1.95 bits per heavy atom. The van der Waals surface area contributed by atoms with Gasteiger partial charge in [-0.05, 0) is 59.7 Å². The molecule has 1 atom stereocenters. The van der Waals surface area contributed by atoms with E-state index >= 15 is 0 Å². The Labute approximate surface area is 117 Å². The number of nitrogens with zero attached hydrogens (tertiary/aromatic N) is 3. The molecule has 1 aromatic rings. The molecule has 19 heavy (non-hydrogen) atoms. The van der Waals surface area contributed by atoms with Gasteiger partial charge in [-0.3, -0.25) is 9.58 Å². The van der Waals surface area contributed by atoms with Gasteiger partial charge in [-0.15, -0.1) is 0 Å². The van der Waals surface area contributed by atoms with Crippen molar-refractivity contribution in [3.63, 3.8) is 0 Å². The maximum atomic E-state index is 6.46. The van der Waals surface area contributed by atoms with Crippen LogP contribution in [0.3, 0.4) is 0 Å². The molecule has 1 unspecified atom stereocenters. The Morgan fingerprint density at radius 3 is 2.47 bits per heavy atom. The summed E-state index contributed by atoms with van der Waals surface area (Å²) >= 11 is 0. The van der Waals surface area contributed by atoms with Gasteiger partial charge in [-0.1, -0.05) is 0 Å². The fraction of sp³-hybridized carbons (Fsp3) is 0.800. The van der Waals surface area contributed by atoms with Crippen molar-refractivity contribution in [2.45, 2.75) is 64.6 Å². The predicted molar refractivity (Wildman–Crippen MR) is 79.2 cm³/mol. The van der Waals surface area contributed by atoms with Crippen LogP contribution in [0.1, 0.15) is 52.3 Å². The zero-order valence-corrected chi connectivity index (χ0v) is 12.8. The lowest BCUT2D eigenvalue weighted by Gasteiger charge is -2.40. The van der Waals surface area contributed by atoms with Gasteiger partial charge in [-0.2, -0.15) is 5.10 Å². The van der Waals surface area contributed by atoms with E-state index in [9.17, 15) is 0 Å². The van der Waals surface area contributed by atoms with Crippen LogP contribution in [0.5, 0.6) is 0 Å². The third-order valence-corrected chi connectivity index (χ3v) is 4.45. The number of likely N-dealkylation sites (tertiary alicyclic amines) is 1. The molecule has 1 aliphatic heterocycles. The van der Waals surface area contributed by atoms with Crippen LogP contribution in [0.4, 0.5) is 0 Å². The first kappa shape index (κ1) is 14.5. The molecule has 4 nitrogen and oxygen atoms in total. The highest BCUT2D eigenvalue weighted by Crippen LogP contribution is 2.25. The Balaban J connectivity index is 2.00. The maximum Gasteiger partial charge on any atom is 0.0640 e. The zero-order chi connectivity index (χ0) is 14.0. The molecule has 0 bridgehead atoms. The van der Waals surface area contributed by atoms with Crippen molar-refractivity contribution in [1.82, 2.24) is 14.7 Å². The summed E-state index contributed by atoms with van der Waals surface area (Å²) in [6.07, 6.45) is 5.51. The van der Waals surface area contributed by atoms with Gasteiger partial charge in [0.25, 0.3) is 0 Å². The van der Waals surface area contributed by atoms with Gasteiger partial charge in [0.2, 0.25) is 0 Å². The molecule has 0 aromatic carbocycles. The van der Waals surface area contributed by atoms with Gasteiger partial charge in [0.1, 0.15) is 0 Å². The Kier molecular flexibility index (Phi) is 4.31. The molecule has 0 aliphatic carbocycles. The minimum Gasteiger partial charge on any atom is -0.326 e. The summed E-state index contributed by atoms with van der Waals surface area (Å²) < 4.78 is 2.00. The number of nitrogens with two attached hydrogens (primary N) is 1. The van der Waals surface area contributed by atoms with Crippen LogP contribution >= 0.6 is 0 Å². The van der Waals surface area contributed by atoms with E-state index in [1.165, 1.54) is 25.9 Å². The van der Waals surface area contributed by atoms with Crippen LogP contribution in [0.2, 0.25) is 0 Å². The summed E-state index contributed by atoms with van der Waals surface area (Å²) in [7, 11) is 0. The van der Waals surface area contributed by atoms with E-state index in [0.29, 0.717) is 6.04 Å². The molecule has 1 fully saturated rings. The molecule has 0 amide bonds. The number of hydrogen-bond donors (Lipinski definition) is 1. The van der Waals surface area contributed by atoms with Crippen LogP contribution in [-0.4, -0.2) is 39.4 Å². The average molecular weight is 264 g/mol. The van der Waals surface area contributed by atoms with Crippen molar-refractivity contribution >= 4 is 0 Å². The van der Waals surface area contributed by atoms with Gasteiger partial charge in [0.05, 0.1) is 5.69 Å². The molecule has 4 heteroatoms. The van der Waals surface area contributed by atoms with Crippen LogP contribution < -0.4 is 5.73 Å². The minimum absolute atomic E-state index is 0.0537. The van der Waals surface area contributed by atoms with Crippen molar-refractivity contribution in [2.75, 3.05) is 13.1 Å². The molecule has 1 aromatic heterocycles. The Morgan fingerprint density at radius 1 is 1.32 bits per heavy atom. The van der Waals surface area contributed by atoms with Gasteiger partial charge in [0, 0.05) is 30.2 Å². The number of rotatable bonds is 5. The van der Waals surface area contributed by atoms with Crippen molar-refractivity contribution in [1.29, 1.82) is 0 Å². The highest BCUT2D eigenvalue weighted by Gasteiger charge is 2.34. The van der Waals surface area contributed by atoms with Gasteiger partial charge in [0.15, 0.2) is 0 Å². The van der Waals surface area contributed by atoms with Crippen LogP contribution in [0.25, 0.3) is 0 Å². The van der Waals surface area contributed by atoms with Crippen molar-refractivity contribution in [3.05, 3.63) is 18.0 Å². The summed E-state index contributed by atoms with van der Waals surface area (Å²) in [5.74, 6) is 0. The largest absolute Gasteiger partial charge is 0.326 e. The van der Waals surface area contributed by atoms with E-state index in [1.54, 1.807) is 0 Å². The maximum absolute atomic E-state index is 6.46. The lowest BCUT2D eigenvalue weighted by molar-refractivity contribution is 0.123. The van der Waals surface area contributed by atoms with Gasteiger partial charge >= 0.3 is 0 Å². The van der Waals surface area contributed by atoms with E-state index in [2.05, 4.69) is 50.0 Å². The summed E-state index contributed by atoms with van der Waals surface area (Å²) in [5.41, 5.74) is 7.62. The highest BCUT2D eigenvalue weighted by atomic mass is 15.3. The summed E-state index contributed by atoms with van der Waals surface area (Å²) in [6, 6.07) is 2.64. The molecule has 0 saturated carbocycles. The third kappa shape index (κ3) is 3.18. The normalized spacial score (nSPS) is 19.3. The summed E-state index contributed by atoms with van der Waals surface area (Å²) in [4.78, 5) is 2.52. The predicted octanol–water partition coefficient (Wildman–Crippen LogP) is 2.21. The van der Waals surface area contributed by atoms with Gasteiger partial charge < -0.3 is 5.73 Å². The molecule has 1 saturated heterocycles.